The Kier molecular flexibility index (Phi) is 3.60. The van der Waals surface area contributed by atoms with Crippen molar-refractivity contribution in [2.45, 2.75) is 38.3 Å². The number of fused-ring (bicyclic) bond motifs is 2. The Morgan fingerprint density at radius 1 is 1.30 bits per heavy atom. The van der Waals surface area contributed by atoms with Gasteiger partial charge in [-0.3, -0.25) is 4.90 Å². The molecule has 2 saturated heterocycles. The van der Waals surface area contributed by atoms with E-state index >= 15 is 0 Å². The molecule has 5 nitrogen and oxygen atoms in total. The van der Waals surface area contributed by atoms with Crippen molar-refractivity contribution in [2.75, 3.05) is 25.0 Å². The number of thiocarbonyl (C=S) groups is 1. The van der Waals surface area contributed by atoms with Gasteiger partial charge in [0, 0.05) is 30.9 Å². The van der Waals surface area contributed by atoms with Crippen molar-refractivity contribution in [3.8, 4) is 0 Å². The maximum atomic E-state index is 5.71. The number of aromatic nitrogens is 2. The average molecular weight is 291 g/mol. The van der Waals surface area contributed by atoms with Gasteiger partial charge in [-0.05, 0) is 39.3 Å². The highest BCUT2D eigenvalue weighted by Gasteiger charge is 2.35. The van der Waals surface area contributed by atoms with Crippen LogP contribution in [0.1, 0.15) is 30.7 Å². The van der Waals surface area contributed by atoms with Crippen molar-refractivity contribution in [3.05, 3.63) is 17.5 Å². The van der Waals surface area contributed by atoms with Crippen LogP contribution in [0.15, 0.2) is 6.07 Å². The second-order valence-corrected chi connectivity index (χ2v) is 6.28. The highest BCUT2D eigenvalue weighted by molar-refractivity contribution is 7.80. The largest absolute Gasteiger partial charge is 0.388 e. The molecule has 2 aliphatic rings. The summed E-state index contributed by atoms with van der Waals surface area (Å²) in [7, 11) is 2.24. The fraction of sp³-hybridized carbons (Fsp3) is 0.643. The third-order valence-electron chi connectivity index (χ3n) is 4.53. The standard InChI is InChI=1S/C14H21N5S/c1-9-7-12(13(15)20)17-14(16-9)19-6-5-10-3-4-11(8-19)18(10)2/h7,10-11H,3-6,8H2,1-2H3,(H2,15,20). The summed E-state index contributed by atoms with van der Waals surface area (Å²) in [6, 6.07) is 3.17. The van der Waals surface area contributed by atoms with Gasteiger partial charge in [-0.1, -0.05) is 12.2 Å². The molecule has 3 heterocycles. The van der Waals surface area contributed by atoms with Gasteiger partial charge in [-0.2, -0.15) is 0 Å². The number of rotatable bonds is 2. The predicted molar refractivity (Wildman–Crippen MR) is 84.1 cm³/mol. The van der Waals surface area contributed by atoms with E-state index in [0.717, 1.165) is 24.7 Å². The molecule has 20 heavy (non-hydrogen) atoms. The van der Waals surface area contributed by atoms with Crippen LogP contribution in [0.5, 0.6) is 0 Å². The molecule has 0 aliphatic carbocycles. The van der Waals surface area contributed by atoms with Crippen molar-refractivity contribution in [2.24, 2.45) is 5.73 Å². The lowest BCUT2D eigenvalue weighted by molar-refractivity contribution is 0.254. The van der Waals surface area contributed by atoms with Gasteiger partial charge in [0.25, 0.3) is 0 Å². The van der Waals surface area contributed by atoms with Crippen molar-refractivity contribution < 1.29 is 0 Å². The Balaban J connectivity index is 1.87. The fourth-order valence-electron chi connectivity index (χ4n) is 3.31. The van der Waals surface area contributed by atoms with Crippen LogP contribution in [-0.2, 0) is 0 Å². The number of hydrogen-bond donors (Lipinski definition) is 1. The van der Waals surface area contributed by atoms with E-state index in [1.807, 2.05) is 13.0 Å². The highest BCUT2D eigenvalue weighted by Crippen LogP contribution is 2.29. The molecular formula is C14H21N5S. The molecule has 0 aromatic carbocycles. The van der Waals surface area contributed by atoms with Crippen LogP contribution in [0.4, 0.5) is 5.95 Å². The first kappa shape index (κ1) is 13.7. The van der Waals surface area contributed by atoms with Gasteiger partial charge < -0.3 is 10.6 Å². The lowest BCUT2D eigenvalue weighted by atomic mass is 10.1. The first-order chi connectivity index (χ1) is 9.54. The summed E-state index contributed by atoms with van der Waals surface area (Å²) < 4.78 is 0. The minimum absolute atomic E-state index is 0.338. The lowest BCUT2D eigenvalue weighted by Crippen LogP contribution is -2.37. The number of nitrogens with zero attached hydrogens (tertiary/aromatic N) is 4. The fourth-order valence-corrected chi connectivity index (χ4v) is 3.42. The Bertz CT molecular complexity index is 532. The quantitative estimate of drug-likeness (QED) is 0.823. The van der Waals surface area contributed by atoms with E-state index in [-0.39, 0.29) is 0 Å². The van der Waals surface area contributed by atoms with E-state index in [1.54, 1.807) is 0 Å². The molecule has 2 atom stereocenters. The maximum absolute atomic E-state index is 5.71. The van der Waals surface area contributed by atoms with Crippen LogP contribution in [0.3, 0.4) is 0 Å². The molecule has 0 spiro atoms. The topological polar surface area (TPSA) is 58.3 Å². The van der Waals surface area contributed by atoms with Crippen LogP contribution < -0.4 is 10.6 Å². The molecule has 1 aromatic rings. The summed E-state index contributed by atoms with van der Waals surface area (Å²) in [6.07, 6.45) is 3.76. The van der Waals surface area contributed by atoms with Crippen molar-refractivity contribution in [3.63, 3.8) is 0 Å². The summed E-state index contributed by atoms with van der Waals surface area (Å²) in [5.41, 5.74) is 7.30. The molecule has 0 radical (unpaired) electrons. The minimum atomic E-state index is 0.338. The Morgan fingerprint density at radius 3 is 2.80 bits per heavy atom. The molecular weight excluding hydrogens is 270 g/mol. The molecule has 2 unspecified atom stereocenters. The smallest absolute Gasteiger partial charge is 0.226 e. The summed E-state index contributed by atoms with van der Waals surface area (Å²) in [4.78, 5) is 14.3. The number of anilines is 1. The Hall–Kier alpha value is -1.27. The number of aryl methyl sites for hydroxylation is 1. The lowest BCUT2D eigenvalue weighted by Gasteiger charge is -2.26. The van der Waals surface area contributed by atoms with Crippen LogP contribution in [0.25, 0.3) is 0 Å². The normalized spacial score (nSPS) is 26.6. The second kappa shape index (κ2) is 5.26. The average Bonchev–Trinajstić information content (AvgIpc) is 2.62. The van der Waals surface area contributed by atoms with Gasteiger partial charge in [-0.25, -0.2) is 9.97 Å². The minimum Gasteiger partial charge on any atom is -0.388 e. The zero-order valence-corrected chi connectivity index (χ0v) is 12.9. The van der Waals surface area contributed by atoms with Crippen molar-refractivity contribution in [1.82, 2.24) is 14.9 Å². The van der Waals surface area contributed by atoms with E-state index in [4.69, 9.17) is 18.0 Å². The summed E-state index contributed by atoms with van der Waals surface area (Å²) >= 11 is 5.04. The molecule has 2 N–H and O–H groups in total. The summed E-state index contributed by atoms with van der Waals surface area (Å²) in [5, 5.41) is 0. The zero-order chi connectivity index (χ0) is 14.3. The zero-order valence-electron chi connectivity index (χ0n) is 12.0. The Morgan fingerprint density at radius 2 is 2.05 bits per heavy atom. The van der Waals surface area contributed by atoms with Crippen LogP contribution >= 0.6 is 12.2 Å². The first-order valence-corrected chi connectivity index (χ1v) is 7.58. The van der Waals surface area contributed by atoms with Gasteiger partial charge in [0.05, 0.1) is 0 Å². The van der Waals surface area contributed by atoms with Crippen molar-refractivity contribution >= 4 is 23.2 Å². The summed E-state index contributed by atoms with van der Waals surface area (Å²) in [6.45, 7) is 3.96. The predicted octanol–water partition coefficient (Wildman–Crippen LogP) is 1.09. The van der Waals surface area contributed by atoms with Gasteiger partial charge in [0.1, 0.15) is 10.7 Å². The number of nitrogens with two attached hydrogens (primary N) is 1. The summed E-state index contributed by atoms with van der Waals surface area (Å²) in [5.74, 6) is 0.772. The number of hydrogen-bond acceptors (Lipinski definition) is 5. The Labute approximate surface area is 125 Å². The number of likely N-dealkylation sites (N-methyl/N-ethyl adjacent to an activating group) is 1. The first-order valence-electron chi connectivity index (χ1n) is 7.17. The molecule has 3 rings (SSSR count). The van der Waals surface area contributed by atoms with E-state index in [1.165, 1.54) is 19.3 Å². The van der Waals surface area contributed by atoms with E-state index in [2.05, 4.69) is 26.8 Å². The van der Waals surface area contributed by atoms with Gasteiger partial charge in [0.15, 0.2) is 0 Å². The molecule has 0 saturated carbocycles. The third-order valence-corrected chi connectivity index (χ3v) is 4.74. The van der Waals surface area contributed by atoms with Gasteiger partial charge in [0.2, 0.25) is 5.95 Å². The van der Waals surface area contributed by atoms with Crippen LogP contribution in [0.2, 0.25) is 0 Å². The van der Waals surface area contributed by atoms with E-state index in [0.29, 0.717) is 22.8 Å². The highest BCUT2D eigenvalue weighted by atomic mass is 32.1. The molecule has 0 amide bonds. The van der Waals surface area contributed by atoms with Crippen LogP contribution in [0, 0.1) is 6.92 Å². The van der Waals surface area contributed by atoms with E-state index < -0.39 is 0 Å². The molecule has 2 bridgehead atoms. The SMILES string of the molecule is Cc1cc(C(N)=S)nc(N2CCC3CCC(C2)N3C)n1. The van der Waals surface area contributed by atoms with Gasteiger partial charge in [-0.15, -0.1) is 0 Å². The molecule has 1 aromatic heterocycles. The molecule has 6 heteroatoms. The molecule has 2 aliphatic heterocycles. The maximum Gasteiger partial charge on any atom is 0.226 e. The molecule has 2 fully saturated rings. The van der Waals surface area contributed by atoms with Crippen molar-refractivity contribution in [1.29, 1.82) is 0 Å². The molecule has 108 valence electrons. The third kappa shape index (κ3) is 2.50. The van der Waals surface area contributed by atoms with E-state index in [9.17, 15) is 0 Å². The monoisotopic (exact) mass is 291 g/mol. The van der Waals surface area contributed by atoms with Crippen LogP contribution in [-0.4, -0.2) is 52.1 Å². The van der Waals surface area contributed by atoms with Gasteiger partial charge >= 0.3 is 0 Å². The second-order valence-electron chi connectivity index (χ2n) is 5.84.